The second kappa shape index (κ2) is 7.05. The van der Waals surface area contributed by atoms with Crippen LogP contribution in [-0.2, 0) is 9.84 Å². The summed E-state index contributed by atoms with van der Waals surface area (Å²) < 4.78 is 29.9. The Hall–Kier alpha value is -2.45. The normalized spacial score (nSPS) is 11.5. The van der Waals surface area contributed by atoms with Gasteiger partial charge in [0.05, 0.1) is 21.9 Å². The van der Waals surface area contributed by atoms with E-state index in [0.29, 0.717) is 10.8 Å². The molecular formula is C18H18N2O4S2. The maximum Gasteiger partial charge on any atom is 0.258 e. The minimum absolute atomic E-state index is 0.0260. The smallest absolute Gasteiger partial charge is 0.258 e. The molecule has 0 saturated carbocycles. The maximum absolute atomic E-state index is 12.6. The molecule has 0 spiro atoms. The van der Waals surface area contributed by atoms with Crippen LogP contribution in [0.25, 0.3) is 11.3 Å². The van der Waals surface area contributed by atoms with Crippen molar-refractivity contribution in [2.75, 3.05) is 11.1 Å². The van der Waals surface area contributed by atoms with Gasteiger partial charge in [0.1, 0.15) is 11.5 Å². The van der Waals surface area contributed by atoms with Crippen LogP contribution in [0.2, 0.25) is 0 Å². The van der Waals surface area contributed by atoms with E-state index in [2.05, 4.69) is 10.3 Å². The molecule has 136 valence electrons. The summed E-state index contributed by atoms with van der Waals surface area (Å²) in [5.74, 6) is 0.969. The highest BCUT2D eigenvalue weighted by Gasteiger charge is 2.21. The number of thiazole rings is 1. The summed E-state index contributed by atoms with van der Waals surface area (Å²) in [6.45, 7) is 5.26. The van der Waals surface area contributed by atoms with Crippen molar-refractivity contribution in [3.05, 3.63) is 52.8 Å². The van der Waals surface area contributed by atoms with Crippen LogP contribution in [-0.4, -0.2) is 25.1 Å². The summed E-state index contributed by atoms with van der Waals surface area (Å²) in [5, 5.41) is 4.90. The first-order valence-corrected chi connectivity index (χ1v) is 10.5. The molecule has 26 heavy (non-hydrogen) atoms. The molecule has 0 aliphatic rings. The number of rotatable bonds is 5. The summed E-state index contributed by atoms with van der Waals surface area (Å²) >= 11 is 1.27. The Morgan fingerprint density at radius 3 is 2.65 bits per heavy atom. The number of amides is 1. The standard InChI is InChI=1S/C18H18N2O4S2/c1-4-26(22,23)16-8-6-5-7-13(16)17(21)20-18-19-15(10-25-18)14-9-11(2)24-12(14)3/h5-10H,4H2,1-3H3,(H,19,20,21). The molecule has 0 aliphatic carbocycles. The van der Waals surface area contributed by atoms with E-state index in [4.69, 9.17) is 4.42 Å². The molecule has 3 rings (SSSR count). The number of aryl methyl sites for hydroxylation is 2. The molecule has 1 amide bonds. The van der Waals surface area contributed by atoms with Crippen molar-refractivity contribution in [2.24, 2.45) is 0 Å². The van der Waals surface area contributed by atoms with Gasteiger partial charge in [-0.1, -0.05) is 19.1 Å². The molecule has 3 aromatic rings. The van der Waals surface area contributed by atoms with Gasteiger partial charge in [0, 0.05) is 10.9 Å². The molecule has 8 heteroatoms. The fraction of sp³-hybridized carbons (Fsp3) is 0.222. The zero-order valence-corrected chi connectivity index (χ0v) is 16.2. The van der Waals surface area contributed by atoms with Crippen LogP contribution in [0.3, 0.4) is 0 Å². The zero-order valence-electron chi connectivity index (χ0n) is 14.6. The number of benzene rings is 1. The van der Waals surface area contributed by atoms with Crippen molar-refractivity contribution in [1.82, 2.24) is 4.98 Å². The van der Waals surface area contributed by atoms with Gasteiger partial charge in [-0.25, -0.2) is 13.4 Å². The fourth-order valence-corrected chi connectivity index (χ4v) is 4.38. The molecule has 2 aromatic heterocycles. The Morgan fingerprint density at radius 2 is 2.00 bits per heavy atom. The van der Waals surface area contributed by atoms with E-state index in [0.717, 1.165) is 17.1 Å². The lowest BCUT2D eigenvalue weighted by atomic mass is 10.2. The van der Waals surface area contributed by atoms with Gasteiger partial charge in [-0.3, -0.25) is 10.1 Å². The number of anilines is 1. The summed E-state index contributed by atoms with van der Waals surface area (Å²) in [6, 6.07) is 8.06. The minimum Gasteiger partial charge on any atom is -0.466 e. The first kappa shape index (κ1) is 18.3. The largest absolute Gasteiger partial charge is 0.466 e. The zero-order chi connectivity index (χ0) is 18.9. The molecule has 6 nitrogen and oxygen atoms in total. The van der Waals surface area contributed by atoms with Crippen LogP contribution < -0.4 is 5.32 Å². The van der Waals surface area contributed by atoms with Crippen LogP contribution in [0.4, 0.5) is 5.13 Å². The lowest BCUT2D eigenvalue weighted by Crippen LogP contribution is -2.17. The van der Waals surface area contributed by atoms with E-state index in [1.165, 1.54) is 23.5 Å². The van der Waals surface area contributed by atoms with Gasteiger partial charge >= 0.3 is 0 Å². The summed E-state index contributed by atoms with van der Waals surface area (Å²) in [4.78, 5) is 17.0. The topological polar surface area (TPSA) is 89.3 Å². The number of hydrogen-bond acceptors (Lipinski definition) is 6. The van der Waals surface area contributed by atoms with Crippen molar-refractivity contribution < 1.29 is 17.6 Å². The number of sulfone groups is 1. The predicted molar refractivity (Wildman–Crippen MR) is 101 cm³/mol. The van der Waals surface area contributed by atoms with E-state index < -0.39 is 15.7 Å². The Morgan fingerprint density at radius 1 is 1.27 bits per heavy atom. The molecule has 2 heterocycles. The number of hydrogen-bond donors (Lipinski definition) is 1. The molecule has 0 fully saturated rings. The number of nitrogens with zero attached hydrogens (tertiary/aromatic N) is 1. The number of aromatic nitrogens is 1. The average Bonchev–Trinajstić information content (AvgIpc) is 3.20. The third-order valence-corrected chi connectivity index (χ3v) is 6.43. The molecule has 1 aromatic carbocycles. The minimum atomic E-state index is -3.50. The molecule has 0 unspecified atom stereocenters. The molecule has 1 N–H and O–H groups in total. The van der Waals surface area contributed by atoms with Gasteiger partial charge in [0.15, 0.2) is 15.0 Å². The SMILES string of the molecule is CCS(=O)(=O)c1ccccc1C(=O)Nc1nc(-c2cc(C)oc2C)cs1. The van der Waals surface area contributed by atoms with E-state index in [1.807, 2.05) is 25.3 Å². The van der Waals surface area contributed by atoms with Gasteiger partial charge in [-0.2, -0.15) is 0 Å². The highest BCUT2D eigenvalue weighted by Crippen LogP contribution is 2.30. The lowest BCUT2D eigenvalue weighted by molar-refractivity contribution is 0.102. The van der Waals surface area contributed by atoms with Gasteiger partial charge in [-0.15, -0.1) is 11.3 Å². The number of carbonyl (C=O) groups excluding carboxylic acids is 1. The molecular weight excluding hydrogens is 372 g/mol. The average molecular weight is 390 g/mol. The van der Waals surface area contributed by atoms with Crippen LogP contribution >= 0.6 is 11.3 Å². The second-order valence-electron chi connectivity index (χ2n) is 5.72. The van der Waals surface area contributed by atoms with Gasteiger partial charge in [-0.05, 0) is 32.0 Å². The van der Waals surface area contributed by atoms with Gasteiger partial charge in [0.2, 0.25) is 0 Å². The first-order chi connectivity index (χ1) is 12.3. The maximum atomic E-state index is 12.6. The summed E-state index contributed by atoms with van der Waals surface area (Å²) in [6.07, 6.45) is 0. The van der Waals surface area contributed by atoms with E-state index in [9.17, 15) is 13.2 Å². The third kappa shape index (κ3) is 3.56. The number of carbonyl (C=O) groups is 1. The second-order valence-corrected chi connectivity index (χ2v) is 8.82. The predicted octanol–water partition coefficient (Wildman–Crippen LogP) is 4.07. The van der Waals surface area contributed by atoms with Crippen molar-refractivity contribution in [1.29, 1.82) is 0 Å². The Kier molecular flexibility index (Phi) is 4.97. The van der Waals surface area contributed by atoms with Crippen LogP contribution in [0.15, 0.2) is 45.0 Å². The fourth-order valence-electron chi connectivity index (χ4n) is 2.59. The quantitative estimate of drug-likeness (QED) is 0.709. The number of nitrogens with one attached hydrogen (secondary N) is 1. The van der Waals surface area contributed by atoms with Crippen LogP contribution in [0, 0.1) is 13.8 Å². The molecule has 0 bridgehead atoms. The molecule has 0 radical (unpaired) electrons. The lowest BCUT2D eigenvalue weighted by Gasteiger charge is -2.08. The van der Waals surface area contributed by atoms with Crippen molar-refractivity contribution >= 4 is 32.2 Å². The van der Waals surface area contributed by atoms with E-state index in [-0.39, 0.29) is 16.2 Å². The number of furan rings is 1. The van der Waals surface area contributed by atoms with Crippen LogP contribution in [0.5, 0.6) is 0 Å². The molecule has 0 saturated heterocycles. The summed E-state index contributed by atoms with van der Waals surface area (Å²) in [7, 11) is -3.50. The first-order valence-electron chi connectivity index (χ1n) is 7.98. The van der Waals surface area contributed by atoms with E-state index in [1.54, 1.807) is 19.1 Å². The van der Waals surface area contributed by atoms with E-state index >= 15 is 0 Å². The van der Waals surface area contributed by atoms with Crippen molar-refractivity contribution in [3.8, 4) is 11.3 Å². The Bertz CT molecular complexity index is 1060. The van der Waals surface area contributed by atoms with Gasteiger partial charge < -0.3 is 4.42 Å². The van der Waals surface area contributed by atoms with Crippen LogP contribution in [0.1, 0.15) is 28.8 Å². The Balaban J connectivity index is 1.88. The highest BCUT2D eigenvalue weighted by atomic mass is 32.2. The Labute approximate surface area is 155 Å². The van der Waals surface area contributed by atoms with Crippen molar-refractivity contribution in [3.63, 3.8) is 0 Å². The van der Waals surface area contributed by atoms with Gasteiger partial charge in [0.25, 0.3) is 5.91 Å². The monoisotopic (exact) mass is 390 g/mol. The van der Waals surface area contributed by atoms with Crippen molar-refractivity contribution in [2.45, 2.75) is 25.7 Å². The third-order valence-electron chi connectivity index (χ3n) is 3.89. The highest BCUT2D eigenvalue weighted by molar-refractivity contribution is 7.91. The molecule has 0 aliphatic heterocycles. The molecule has 0 atom stereocenters. The summed E-state index contributed by atoms with van der Waals surface area (Å²) in [5.41, 5.74) is 1.68.